The van der Waals surface area contributed by atoms with Gasteiger partial charge >= 0.3 is 0 Å². The fraction of sp³-hybridized carbons (Fsp3) is 0.143. The van der Waals surface area contributed by atoms with Crippen molar-refractivity contribution in [3.8, 4) is 5.75 Å². The highest BCUT2D eigenvalue weighted by molar-refractivity contribution is 7.89. The van der Waals surface area contributed by atoms with Crippen LogP contribution in [0, 0.1) is 5.82 Å². The average Bonchev–Trinajstić information content (AvgIpc) is 2.06. The first-order valence-corrected chi connectivity index (χ1v) is 5.34. The lowest BCUT2D eigenvalue weighted by molar-refractivity contribution is 0.410. The van der Waals surface area contributed by atoms with Gasteiger partial charge < -0.3 is 4.74 Å². The molecular formula is C7H7ClFNO3S. The first-order chi connectivity index (χ1) is 6.36. The number of methoxy groups -OCH3 is 1. The molecule has 14 heavy (non-hydrogen) atoms. The van der Waals surface area contributed by atoms with Crippen LogP contribution in [0.4, 0.5) is 4.39 Å². The molecule has 0 saturated heterocycles. The molecule has 2 N–H and O–H groups in total. The Morgan fingerprint density at radius 2 is 2.07 bits per heavy atom. The summed E-state index contributed by atoms with van der Waals surface area (Å²) in [7, 11) is -2.81. The third-order valence-electron chi connectivity index (χ3n) is 1.51. The number of halogens is 2. The van der Waals surface area contributed by atoms with Gasteiger partial charge in [0.1, 0.15) is 16.5 Å². The largest absolute Gasteiger partial charge is 0.495 e. The molecule has 0 heterocycles. The van der Waals surface area contributed by atoms with Crippen molar-refractivity contribution in [1.29, 1.82) is 0 Å². The van der Waals surface area contributed by atoms with Crippen LogP contribution in [0.5, 0.6) is 5.75 Å². The van der Waals surface area contributed by atoms with E-state index < -0.39 is 20.7 Å². The Morgan fingerprint density at radius 1 is 1.50 bits per heavy atom. The predicted octanol–water partition coefficient (Wildman–Crippen LogP) is 1.14. The lowest BCUT2D eigenvalue weighted by Crippen LogP contribution is -2.14. The van der Waals surface area contributed by atoms with E-state index in [1.165, 1.54) is 7.11 Å². The smallest absolute Gasteiger partial charge is 0.241 e. The van der Waals surface area contributed by atoms with Gasteiger partial charge in [-0.25, -0.2) is 17.9 Å². The summed E-state index contributed by atoms with van der Waals surface area (Å²) in [6, 6.07) is 1.77. The van der Waals surface area contributed by atoms with Gasteiger partial charge in [-0.05, 0) is 6.07 Å². The zero-order valence-electron chi connectivity index (χ0n) is 7.12. The van der Waals surface area contributed by atoms with Crippen molar-refractivity contribution < 1.29 is 17.5 Å². The van der Waals surface area contributed by atoms with Crippen molar-refractivity contribution in [2.45, 2.75) is 4.90 Å². The Morgan fingerprint density at radius 3 is 2.50 bits per heavy atom. The topological polar surface area (TPSA) is 69.4 Å². The van der Waals surface area contributed by atoms with E-state index in [2.05, 4.69) is 4.74 Å². The standard InChI is InChI=1S/C7H7ClFNO3S/c1-13-6-3-5(9)7(2-4(6)8)14(10,11)12/h2-3H,1H3,(H2,10,11,12). The Labute approximate surface area is 85.5 Å². The van der Waals surface area contributed by atoms with E-state index in [0.29, 0.717) is 0 Å². The highest BCUT2D eigenvalue weighted by Gasteiger charge is 2.17. The minimum absolute atomic E-state index is 0.0158. The number of sulfonamides is 1. The van der Waals surface area contributed by atoms with Crippen molar-refractivity contribution in [3.05, 3.63) is 23.0 Å². The molecule has 0 unspecified atom stereocenters. The molecule has 0 radical (unpaired) electrons. The van der Waals surface area contributed by atoms with Gasteiger partial charge in [0.2, 0.25) is 10.0 Å². The zero-order chi connectivity index (χ0) is 10.9. The van der Waals surface area contributed by atoms with E-state index in [0.717, 1.165) is 12.1 Å². The SMILES string of the molecule is COc1cc(F)c(S(N)(=O)=O)cc1Cl. The first-order valence-electron chi connectivity index (χ1n) is 3.42. The number of benzene rings is 1. The molecule has 4 nitrogen and oxygen atoms in total. The molecule has 1 rings (SSSR count). The van der Waals surface area contributed by atoms with Gasteiger partial charge in [0.05, 0.1) is 12.1 Å². The molecule has 1 aromatic rings. The number of rotatable bonds is 2. The Kier molecular flexibility index (Phi) is 2.98. The van der Waals surface area contributed by atoms with E-state index in [1.54, 1.807) is 0 Å². The molecule has 7 heteroatoms. The van der Waals surface area contributed by atoms with E-state index in [9.17, 15) is 12.8 Å². The van der Waals surface area contributed by atoms with Crippen LogP contribution in [0.2, 0.25) is 5.02 Å². The van der Waals surface area contributed by atoms with Crippen molar-refractivity contribution in [2.24, 2.45) is 5.14 Å². The summed E-state index contributed by atoms with van der Waals surface area (Å²) in [5.74, 6) is -0.940. The van der Waals surface area contributed by atoms with Crippen LogP contribution in [0.15, 0.2) is 17.0 Å². The molecule has 0 saturated carbocycles. The third-order valence-corrected chi connectivity index (χ3v) is 2.73. The molecule has 0 bridgehead atoms. The molecular weight excluding hydrogens is 233 g/mol. The maximum atomic E-state index is 13.1. The molecule has 0 aliphatic rings. The molecule has 0 amide bonds. The molecule has 0 fully saturated rings. The van der Waals surface area contributed by atoms with Crippen LogP contribution in [-0.4, -0.2) is 15.5 Å². The Balaban J connectivity index is 3.44. The van der Waals surface area contributed by atoms with Crippen molar-refractivity contribution in [1.82, 2.24) is 0 Å². The maximum absolute atomic E-state index is 13.1. The second-order valence-electron chi connectivity index (χ2n) is 2.46. The summed E-state index contributed by atoms with van der Waals surface area (Å²) in [5.41, 5.74) is 0. The van der Waals surface area contributed by atoms with Gasteiger partial charge in [-0.3, -0.25) is 0 Å². The first kappa shape index (κ1) is 11.2. The maximum Gasteiger partial charge on any atom is 0.241 e. The Hall–Kier alpha value is -0.850. The summed E-state index contributed by atoms with van der Waals surface area (Å²) in [4.78, 5) is -0.650. The van der Waals surface area contributed by atoms with Gasteiger partial charge in [0.25, 0.3) is 0 Å². The van der Waals surface area contributed by atoms with Crippen molar-refractivity contribution in [3.63, 3.8) is 0 Å². The van der Waals surface area contributed by atoms with Gasteiger partial charge in [-0.2, -0.15) is 0 Å². The summed E-state index contributed by atoms with van der Waals surface area (Å²) in [5, 5.41) is 4.73. The second-order valence-corrected chi connectivity index (χ2v) is 4.40. The number of hydrogen-bond donors (Lipinski definition) is 1. The van der Waals surface area contributed by atoms with Gasteiger partial charge in [-0.15, -0.1) is 0 Å². The lowest BCUT2D eigenvalue weighted by atomic mass is 10.3. The predicted molar refractivity (Wildman–Crippen MR) is 49.3 cm³/mol. The molecule has 78 valence electrons. The molecule has 1 aromatic carbocycles. The van der Waals surface area contributed by atoms with Crippen LogP contribution in [0.25, 0.3) is 0 Å². The quantitative estimate of drug-likeness (QED) is 0.841. The van der Waals surface area contributed by atoms with E-state index in [-0.39, 0.29) is 10.8 Å². The zero-order valence-corrected chi connectivity index (χ0v) is 8.69. The normalized spacial score (nSPS) is 11.4. The highest BCUT2D eigenvalue weighted by atomic mass is 35.5. The van der Waals surface area contributed by atoms with Crippen molar-refractivity contribution in [2.75, 3.05) is 7.11 Å². The number of primary sulfonamides is 1. The summed E-state index contributed by atoms with van der Waals surface area (Å²) < 4.78 is 39.5. The van der Waals surface area contributed by atoms with E-state index >= 15 is 0 Å². The summed E-state index contributed by atoms with van der Waals surface area (Å²) in [6.45, 7) is 0. The molecule has 0 atom stereocenters. The number of hydrogen-bond acceptors (Lipinski definition) is 3. The third kappa shape index (κ3) is 2.14. The van der Waals surface area contributed by atoms with E-state index in [4.69, 9.17) is 16.7 Å². The molecule has 0 aromatic heterocycles. The fourth-order valence-electron chi connectivity index (χ4n) is 0.885. The lowest BCUT2D eigenvalue weighted by Gasteiger charge is -2.05. The molecule has 0 spiro atoms. The van der Waals surface area contributed by atoms with E-state index in [1.807, 2.05) is 0 Å². The summed E-state index contributed by atoms with van der Waals surface area (Å²) in [6.07, 6.45) is 0. The van der Waals surface area contributed by atoms with Gasteiger partial charge in [0.15, 0.2) is 0 Å². The number of ether oxygens (including phenoxy) is 1. The Bertz CT molecular complexity index is 460. The fourth-order valence-corrected chi connectivity index (χ4v) is 1.80. The number of nitrogens with two attached hydrogens (primary N) is 1. The minimum Gasteiger partial charge on any atom is -0.495 e. The highest BCUT2D eigenvalue weighted by Crippen LogP contribution is 2.28. The van der Waals surface area contributed by atoms with Crippen LogP contribution in [0.1, 0.15) is 0 Å². The van der Waals surface area contributed by atoms with Crippen LogP contribution < -0.4 is 9.88 Å². The van der Waals surface area contributed by atoms with Crippen LogP contribution in [0.3, 0.4) is 0 Å². The second kappa shape index (κ2) is 3.72. The molecule has 0 aliphatic carbocycles. The van der Waals surface area contributed by atoms with Gasteiger partial charge in [0, 0.05) is 6.07 Å². The minimum atomic E-state index is -4.10. The van der Waals surface area contributed by atoms with Crippen LogP contribution >= 0.6 is 11.6 Å². The molecule has 0 aliphatic heterocycles. The van der Waals surface area contributed by atoms with Crippen LogP contribution in [-0.2, 0) is 10.0 Å². The van der Waals surface area contributed by atoms with Gasteiger partial charge in [-0.1, -0.05) is 11.6 Å². The summed E-state index contributed by atoms with van der Waals surface area (Å²) >= 11 is 5.60. The monoisotopic (exact) mass is 239 g/mol. The van der Waals surface area contributed by atoms with Crippen molar-refractivity contribution >= 4 is 21.6 Å². The average molecular weight is 240 g/mol.